The Morgan fingerprint density at radius 1 is 1.18 bits per heavy atom. The molecular formula is C20H22O2. The van der Waals surface area contributed by atoms with Crippen LogP contribution in [0.15, 0.2) is 53.8 Å². The van der Waals surface area contributed by atoms with Gasteiger partial charge in [0.1, 0.15) is 0 Å². The lowest BCUT2D eigenvalue weighted by Crippen LogP contribution is -2.14. The van der Waals surface area contributed by atoms with Crippen LogP contribution < -0.4 is 0 Å². The van der Waals surface area contributed by atoms with Gasteiger partial charge in [-0.1, -0.05) is 48.9 Å². The van der Waals surface area contributed by atoms with Crippen molar-refractivity contribution < 1.29 is 9.84 Å². The summed E-state index contributed by atoms with van der Waals surface area (Å²) in [4.78, 5) is 0. The number of rotatable bonds is 3. The number of ether oxygens (including phenoxy) is 1. The number of aliphatic hydroxyl groups excluding tert-OH is 1. The minimum absolute atomic E-state index is 0.351. The zero-order valence-electron chi connectivity index (χ0n) is 13.0. The van der Waals surface area contributed by atoms with E-state index in [1.54, 1.807) is 7.11 Å². The molecular weight excluding hydrogens is 272 g/mol. The number of hydrogen-bond donors (Lipinski definition) is 1. The maximum absolute atomic E-state index is 10.2. The Bertz CT molecular complexity index is 718. The van der Waals surface area contributed by atoms with Gasteiger partial charge in [-0.15, -0.1) is 5.73 Å². The van der Waals surface area contributed by atoms with E-state index in [0.717, 1.165) is 42.4 Å². The summed E-state index contributed by atoms with van der Waals surface area (Å²) >= 11 is 0. The van der Waals surface area contributed by atoms with E-state index in [9.17, 15) is 5.11 Å². The second-order valence-corrected chi connectivity index (χ2v) is 5.85. The van der Waals surface area contributed by atoms with Gasteiger partial charge in [-0.05, 0) is 35.6 Å². The topological polar surface area (TPSA) is 29.5 Å². The molecule has 0 heterocycles. The van der Waals surface area contributed by atoms with E-state index < -0.39 is 0 Å². The highest BCUT2D eigenvalue weighted by Crippen LogP contribution is 2.28. The zero-order valence-corrected chi connectivity index (χ0v) is 13.0. The summed E-state index contributed by atoms with van der Waals surface area (Å²) in [5, 5.41) is 12.6. The molecule has 114 valence electrons. The normalized spacial score (nSPS) is 18.3. The molecule has 1 aliphatic carbocycles. The average molecular weight is 294 g/mol. The van der Waals surface area contributed by atoms with Crippen molar-refractivity contribution in [3.63, 3.8) is 0 Å². The number of hydrogen-bond acceptors (Lipinski definition) is 2. The summed E-state index contributed by atoms with van der Waals surface area (Å²) in [5.74, 6) is 0. The molecule has 0 radical (unpaired) electrons. The fourth-order valence-electron chi connectivity index (χ4n) is 3.15. The van der Waals surface area contributed by atoms with Crippen molar-refractivity contribution in [1.29, 1.82) is 0 Å². The molecule has 2 aromatic carbocycles. The first-order valence-corrected chi connectivity index (χ1v) is 7.93. The number of methoxy groups -OCH3 is 1. The summed E-state index contributed by atoms with van der Waals surface area (Å²) in [5.41, 5.74) is 6.66. The molecule has 2 heteroatoms. The van der Waals surface area contributed by atoms with Crippen LogP contribution in [-0.4, -0.2) is 24.9 Å². The molecule has 0 aliphatic heterocycles. The van der Waals surface area contributed by atoms with Gasteiger partial charge in [-0.3, -0.25) is 0 Å². The number of aliphatic hydroxyl groups is 1. The molecule has 2 aromatic rings. The number of fused-ring (bicyclic) bond motifs is 1. The summed E-state index contributed by atoms with van der Waals surface area (Å²) in [6, 6.07) is 14.6. The van der Waals surface area contributed by atoms with Crippen LogP contribution >= 0.6 is 0 Å². The van der Waals surface area contributed by atoms with Crippen LogP contribution in [0.2, 0.25) is 0 Å². The van der Waals surface area contributed by atoms with Crippen molar-refractivity contribution in [2.75, 3.05) is 13.7 Å². The van der Waals surface area contributed by atoms with Gasteiger partial charge in [-0.25, -0.2) is 0 Å². The van der Waals surface area contributed by atoms with E-state index in [1.807, 2.05) is 0 Å². The van der Waals surface area contributed by atoms with Crippen molar-refractivity contribution in [2.24, 2.45) is 0 Å². The van der Waals surface area contributed by atoms with E-state index in [4.69, 9.17) is 4.74 Å². The first kappa shape index (κ1) is 15.1. The molecule has 0 unspecified atom stereocenters. The van der Waals surface area contributed by atoms with Gasteiger partial charge in [0.2, 0.25) is 0 Å². The molecule has 2 nitrogen and oxygen atoms in total. The second kappa shape index (κ2) is 6.93. The molecule has 22 heavy (non-hydrogen) atoms. The lowest BCUT2D eigenvalue weighted by molar-refractivity contribution is 0.179. The third-order valence-corrected chi connectivity index (χ3v) is 4.29. The quantitative estimate of drug-likeness (QED) is 0.854. The Balaban J connectivity index is 2.16. The minimum atomic E-state index is -0.351. The van der Waals surface area contributed by atoms with Crippen LogP contribution in [0.25, 0.3) is 16.3 Å². The highest BCUT2D eigenvalue weighted by Gasteiger charge is 2.16. The van der Waals surface area contributed by atoms with Crippen molar-refractivity contribution in [3.8, 4) is 0 Å². The first-order valence-electron chi connectivity index (χ1n) is 7.93. The van der Waals surface area contributed by atoms with Crippen molar-refractivity contribution >= 4 is 16.3 Å². The molecule has 1 aliphatic rings. The Hall–Kier alpha value is -1.86. The molecule has 3 rings (SSSR count). The van der Waals surface area contributed by atoms with Gasteiger partial charge >= 0.3 is 0 Å². The lowest BCUT2D eigenvalue weighted by atomic mass is 9.91. The van der Waals surface area contributed by atoms with Gasteiger partial charge in [0.25, 0.3) is 0 Å². The molecule has 1 atom stereocenters. The fraction of sp³-hybridized carbons (Fsp3) is 0.350. The van der Waals surface area contributed by atoms with Crippen LogP contribution in [0.4, 0.5) is 0 Å². The van der Waals surface area contributed by atoms with E-state index in [0.29, 0.717) is 6.61 Å². The molecule has 0 amide bonds. The Labute approximate surface area is 131 Å². The summed E-state index contributed by atoms with van der Waals surface area (Å²) < 4.78 is 5.39. The smallest absolute Gasteiger partial charge is 0.0823 e. The minimum Gasteiger partial charge on any atom is -0.388 e. The molecule has 1 N–H and O–H groups in total. The van der Waals surface area contributed by atoms with Crippen LogP contribution in [0.1, 0.15) is 31.2 Å². The lowest BCUT2D eigenvalue weighted by Gasteiger charge is -2.19. The largest absolute Gasteiger partial charge is 0.388 e. The van der Waals surface area contributed by atoms with Crippen molar-refractivity contribution in [1.82, 2.24) is 0 Å². The Morgan fingerprint density at radius 3 is 2.82 bits per heavy atom. The molecule has 1 saturated carbocycles. The van der Waals surface area contributed by atoms with Gasteiger partial charge in [-0.2, -0.15) is 0 Å². The van der Waals surface area contributed by atoms with Gasteiger partial charge < -0.3 is 9.84 Å². The maximum atomic E-state index is 10.2. The maximum Gasteiger partial charge on any atom is 0.0823 e. The molecule has 0 saturated heterocycles. The van der Waals surface area contributed by atoms with Gasteiger partial charge in [0, 0.05) is 18.3 Å². The Kier molecular flexibility index (Phi) is 4.74. The van der Waals surface area contributed by atoms with Gasteiger partial charge in [0.05, 0.1) is 12.7 Å². The van der Waals surface area contributed by atoms with E-state index >= 15 is 0 Å². The summed E-state index contributed by atoms with van der Waals surface area (Å²) in [6.07, 6.45) is 3.66. The highest BCUT2D eigenvalue weighted by atomic mass is 16.5. The number of benzene rings is 2. The standard InChI is InChI=1S/C20H22O2/c1-22-14-17(13-16-8-3-5-12-20(16)21)19-11-6-9-15-7-2-4-10-18(15)19/h2,4,6-7,9-11,20-21H,3,5,8,12,14H2,1H3/t13?,20-/m1/s1. The predicted octanol–water partition coefficient (Wildman–Crippen LogP) is 4.33. The zero-order chi connectivity index (χ0) is 15.4. The third kappa shape index (κ3) is 3.15. The Morgan fingerprint density at radius 2 is 2.00 bits per heavy atom. The van der Waals surface area contributed by atoms with E-state index in [-0.39, 0.29) is 6.10 Å². The molecule has 0 aromatic heterocycles. The molecule has 0 bridgehead atoms. The highest BCUT2D eigenvalue weighted by molar-refractivity contribution is 5.94. The van der Waals surface area contributed by atoms with Crippen molar-refractivity contribution in [2.45, 2.75) is 31.8 Å². The average Bonchev–Trinajstić information content (AvgIpc) is 2.56. The third-order valence-electron chi connectivity index (χ3n) is 4.29. The van der Waals surface area contributed by atoms with E-state index in [2.05, 4.69) is 48.2 Å². The van der Waals surface area contributed by atoms with Crippen LogP contribution in [-0.2, 0) is 4.74 Å². The fourth-order valence-corrected chi connectivity index (χ4v) is 3.15. The first-order chi connectivity index (χ1) is 10.8. The molecule has 0 spiro atoms. The van der Waals surface area contributed by atoms with Crippen molar-refractivity contribution in [3.05, 3.63) is 59.3 Å². The van der Waals surface area contributed by atoms with Crippen LogP contribution in [0, 0.1) is 0 Å². The second-order valence-electron chi connectivity index (χ2n) is 5.85. The SMILES string of the molecule is COCC(=C=C1CCCC[C@H]1O)c1cccc2ccccc12. The predicted molar refractivity (Wildman–Crippen MR) is 90.7 cm³/mol. The van der Waals surface area contributed by atoms with Crippen LogP contribution in [0.3, 0.4) is 0 Å². The molecule has 1 fully saturated rings. The van der Waals surface area contributed by atoms with Gasteiger partial charge in [0.15, 0.2) is 0 Å². The summed E-state index contributed by atoms with van der Waals surface area (Å²) in [7, 11) is 1.70. The van der Waals surface area contributed by atoms with E-state index in [1.165, 1.54) is 10.8 Å². The van der Waals surface area contributed by atoms with Crippen LogP contribution in [0.5, 0.6) is 0 Å². The monoisotopic (exact) mass is 294 g/mol. The summed E-state index contributed by atoms with van der Waals surface area (Å²) in [6.45, 7) is 0.504.